The van der Waals surface area contributed by atoms with Gasteiger partial charge in [-0.05, 0) is 56.8 Å². The molecule has 0 amide bonds. The highest BCUT2D eigenvalue weighted by Gasteiger charge is 2.22. The van der Waals surface area contributed by atoms with Gasteiger partial charge in [0.2, 0.25) is 11.8 Å². The fraction of sp³-hybridized carbons (Fsp3) is 0.346. The van der Waals surface area contributed by atoms with Crippen LogP contribution in [0.5, 0.6) is 5.75 Å². The number of aliphatic imine (C=N–C) groups is 1. The van der Waals surface area contributed by atoms with Crippen LogP contribution in [-0.2, 0) is 6.54 Å². The van der Waals surface area contributed by atoms with E-state index in [0.717, 1.165) is 51.7 Å². The highest BCUT2D eigenvalue weighted by Crippen LogP contribution is 2.39. The number of rotatable bonds is 8. The van der Waals surface area contributed by atoms with E-state index in [1.165, 1.54) is 10.9 Å². The predicted molar refractivity (Wildman–Crippen MR) is 140 cm³/mol. The van der Waals surface area contributed by atoms with Crippen LogP contribution in [0.1, 0.15) is 44.0 Å². The van der Waals surface area contributed by atoms with Gasteiger partial charge in [0.05, 0.1) is 10.6 Å². The average Bonchev–Trinajstić information content (AvgIpc) is 2.82. The van der Waals surface area contributed by atoms with E-state index < -0.39 is 0 Å². The Morgan fingerprint density at radius 3 is 2.70 bits per heavy atom. The largest absolute Gasteiger partial charge is 0.437 e. The third-order valence-electron chi connectivity index (χ3n) is 5.62. The fourth-order valence-corrected chi connectivity index (χ4v) is 4.66. The first-order valence-corrected chi connectivity index (χ1v) is 12.3. The number of nitrogens with one attached hydrogen (secondary N) is 2. The van der Waals surface area contributed by atoms with Crippen LogP contribution in [0.25, 0.3) is 15.7 Å². The number of anilines is 1. The van der Waals surface area contributed by atoms with Crippen molar-refractivity contribution in [2.24, 2.45) is 4.99 Å². The van der Waals surface area contributed by atoms with E-state index in [1.807, 2.05) is 20.0 Å². The number of hydrogen-bond acceptors (Lipinski definition) is 7. The highest BCUT2D eigenvalue weighted by atomic mass is 32.2. The minimum atomic E-state index is 0.300. The second kappa shape index (κ2) is 10.4. The molecule has 0 saturated carbocycles. The normalized spacial score (nSPS) is 14.9. The molecule has 33 heavy (non-hydrogen) atoms. The maximum atomic E-state index is 6.58. The van der Waals surface area contributed by atoms with Gasteiger partial charge in [0.15, 0.2) is 0 Å². The number of fused-ring (bicyclic) bond motifs is 1. The van der Waals surface area contributed by atoms with Crippen molar-refractivity contribution in [1.29, 1.82) is 0 Å². The minimum absolute atomic E-state index is 0.300. The van der Waals surface area contributed by atoms with E-state index in [0.29, 0.717) is 17.9 Å². The zero-order valence-corrected chi connectivity index (χ0v) is 20.7. The first kappa shape index (κ1) is 23.3. The molecule has 1 aliphatic rings. The fourth-order valence-electron chi connectivity index (χ4n) is 3.77. The Bertz CT molecular complexity index is 1220. The summed E-state index contributed by atoms with van der Waals surface area (Å²) in [6, 6.07) is 12.8. The van der Waals surface area contributed by atoms with Crippen LogP contribution in [0, 0.1) is 6.92 Å². The monoisotopic (exact) mass is 461 g/mol. The van der Waals surface area contributed by atoms with Crippen LogP contribution in [0.3, 0.4) is 0 Å². The van der Waals surface area contributed by atoms with Gasteiger partial charge in [-0.1, -0.05) is 37.3 Å². The van der Waals surface area contributed by atoms with E-state index in [1.54, 1.807) is 18.0 Å². The first-order chi connectivity index (χ1) is 16.0. The lowest BCUT2D eigenvalue weighted by atomic mass is 10.00. The van der Waals surface area contributed by atoms with Gasteiger partial charge in [-0.25, -0.2) is 15.0 Å². The van der Waals surface area contributed by atoms with Gasteiger partial charge in [0.1, 0.15) is 5.75 Å². The van der Waals surface area contributed by atoms with Crippen molar-refractivity contribution in [1.82, 2.24) is 15.3 Å². The summed E-state index contributed by atoms with van der Waals surface area (Å²) < 4.78 is 6.58. The van der Waals surface area contributed by atoms with E-state index in [-0.39, 0.29) is 0 Å². The summed E-state index contributed by atoms with van der Waals surface area (Å²) in [4.78, 5) is 14.9. The molecular formula is C26H31N5OS. The van der Waals surface area contributed by atoms with E-state index in [9.17, 15) is 0 Å². The number of thioether (sulfide) groups is 1. The number of hydrogen-bond donors (Lipinski definition) is 2. The van der Waals surface area contributed by atoms with Crippen LogP contribution in [0.4, 0.5) is 5.95 Å². The summed E-state index contributed by atoms with van der Waals surface area (Å²) in [6.07, 6.45) is 2.79. The van der Waals surface area contributed by atoms with Crippen LogP contribution < -0.4 is 15.4 Å². The Hall–Kier alpha value is -2.90. The smallest absolute Gasteiger partial charge is 0.235 e. The molecule has 2 heterocycles. The molecule has 4 rings (SSSR count). The second-order valence-corrected chi connectivity index (χ2v) is 9.33. The molecule has 172 valence electrons. The topological polar surface area (TPSA) is 71.4 Å². The second-order valence-electron chi connectivity index (χ2n) is 8.35. The van der Waals surface area contributed by atoms with Gasteiger partial charge >= 0.3 is 0 Å². The molecule has 0 unspecified atom stereocenters. The van der Waals surface area contributed by atoms with Crippen molar-refractivity contribution < 1.29 is 4.74 Å². The van der Waals surface area contributed by atoms with Gasteiger partial charge in [-0.15, -0.1) is 11.8 Å². The first-order valence-electron chi connectivity index (χ1n) is 11.3. The van der Waals surface area contributed by atoms with E-state index in [4.69, 9.17) is 14.7 Å². The van der Waals surface area contributed by atoms with E-state index >= 15 is 0 Å². The summed E-state index contributed by atoms with van der Waals surface area (Å²) in [5.74, 6) is 2.86. The van der Waals surface area contributed by atoms with Gasteiger partial charge in [-0.3, -0.25) is 0 Å². The quantitative estimate of drug-likeness (QED) is 0.443. The molecule has 2 N–H and O–H groups in total. The molecule has 6 nitrogen and oxygen atoms in total. The molecule has 1 atom stereocenters. The Morgan fingerprint density at radius 1 is 1.15 bits per heavy atom. The SMILES string of the molecule is CC[C@@H](C)Nc1nccc(C2=C(Oc3c(C)cc(CNC)c4ccccc34)N=C(C)CS2)n1. The van der Waals surface area contributed by atoms with Crippen molar-refractivity contribution >= 4 is 39.1 Å². The molecule has 1 aliphatic heterocycles. The van der Waals surface area contributed by atoms with Crippen LogP contribution in [0.15, 0.2) is 53.5 Å². The molecule has 0 saturated heterocycles. The summed E-state index contributed by atoms with van der Waals surface area (Å²) in [6.45, 7) is 9.18. The van der Waals surface area contributed by atoms with E-state index in [2.05, 4.69) is 66.7 Å². The van der Waals surface area contributed by atoms with Gasteiger partial charge in [0.25, 0.3) is 0 Å². The van der Waals surface area contributed by atoms with Crippen molar-refractivity contribution in [3.05, 3.63) is 65.3 Å². The Balaban J connectivity index is 1.79. The Kier molecular flexibility index (Phi) is 7.30. The predicted octanol–water partition coefficient (Wildman–Crippen LogP) is 5.78. The maximum absolute atomic E-state index is 6.58. The summed E-state index contributed by atoms with van der Waals surface area (Å²) in [7, 11) is 1.97. The van der Waals surface area contributed by atoms with Gasteiger partial charge in [-0.2, -0.15) is 0 Å². The molecule has 2 aromatic carbocycles. The standard InChI is InChI=1S/C26H31N5OS/c1-6-17(3)30-26-28-12-11-22(31-26)24-25(29-18(4)15-33-24)32-23-16(2)13-19(14-27-5)20-9-7-8-10-21(20)23/h7-13,17,27H,6,14-15H2,1-5H3,(H,28,30,31)/t17-/m1/s1. The molecule has 3 aromatic rings. The zero-order valence-electron chi connectivity index (χ0n) is 19.9. The van der Waals surface area contributed by atoms with Crippen molar-refractivity contribution in [3.63, 3.8) is 0 Å². The number of ether oxygens (including phenoxy) is 1. The Morgan fingerprint density at radius 2 is 1.94 bits per heavy atom. The van der Waals surface area contributed by atoms with Gasteiger partial charge < -0.3 is 15.4 Å². The molecular weight excluding hydrogens is 430 g/mol. The lowest BCUT2D eigenvalue weighted by molar-refractivity contribution is 0.426. The number of aryl methyl sites for hydroxylation is 1. The maximum Gasteiger partial charge on any atom is 0.235 e. The lowest BCUT2D eigenvalue weighted by Crippen LogP contribution is -2.16. The van der Waals surface area contributed by atoms with Crippen molar-refractivity contribution in [3.8, 4) is 5.75 Å². The molecule has 0 fully saturated rings. The lowest BCUT2D eigenvalue weighted by Gasteiger charge is -2.20. The molecule has 0 spiro atoms. The van der Waals surface area contributed by atoms with Gasteiger partial charge in [0, 0.05) is 35.6 Å². The van der Waals surface area contributed by atoms with Crippen molar-refractivity contribution in [2.75, 3.05) is 18.1 Å². The third kappa shape index (κ3) is 5.20. The molecule has 0 bridgehead atoms. The van der Waals surface area contributed by atoms with Crippen LogP contribution in [0.2, 0.25) is 0 Å². The highest BCUT2D eigenvalue weighted by molar-refractivity contribution is 8.09. The molecule has 0 aliphatic carbocycles. The number of benzene rings is 2. The molecule has 0 radical (unpaired) electrons. The Labute approximate surface area is 200 Å². The third-order valence-corrected chi connectivity index (χ3v) is 6.86. The molecule has 7 heteroatoms. The number of aromatic nitrogens is 2. The minimum Gasteiger partial charge on any atom is -0.437 e. The van der Waals surface area contributed by atoms with Crippen LogP contribution in [-0.4, -0.2) is 34.5 Å². The average molecular weight is 462 g/mol. The van der Waals surface area contributed by atoms with Crippen molar-refractivity contribution in [2.45, 2.75) is 46.7 Å². The zero-order chi connectivity index (χ0) is 23.4. The summed E-state index contributed by atoms with van der Waals surface area (Å²) >= 11 is 1.70. The number of nitrogens with zero attached hydrogens (tertiary/aromatic N) is 3. The molecule has 1 aromatic heterocycles. The summed E-state index contributed by atoms with van der Waals surface area (Å²) in [5, 5.41) is 8.89. The summed E-state index contributed by atoms with van der Waals surface area (Å²) in [5.41, 5.74) is 4.18. The van der Waals surface area contributed by atoms with Crippen LogP contribution >= 0.6 is 11.8 Å².